The van der Waals surface area contributed by atoms with Crippen LogP contribution in [0.5, 0.6) is 11.6 Å². The minimum absolute atomic E-state index is 0.256. The zero-order valence-electron chi connectivity index (χ0n) is 17.5. The number of nitrogens with one attached hydrogen (secondary N) is 1. The van der Waals surface area contributed by atoms with Crippen LogP contribution in [-0.4, -0.2) is 47.9 Å². The number of para-hydroxylation sites is 1. The number of hydrogen-bond donors (Lipinski definition) is 1. The topological polar surface area (TPSA) is 99.1 Å². The molecule has 5 rings (SSSR count). The van der Waals surface area contributed by atoms with Crippen molar-refractivity contribution in [2.24, 2.45) is 0 Å². The molecule has 1 aliphatic heterocycles. The number of benzene rings is 2. The number of rotatable bonds is 2. The molecule has 0 spiro atoms. The molecule has 0 amide bonds. The summed E-state index contributed by atoms with van der Waals surface area (Å²) in [7, 11) is -3.30. The average molecular weight is 451 g/mol. The maximum absolute atomic E-state index is 11.9. The molecule has 0 unspecified atom stereocenters. The SMILES string of the molecule is CS(=O)(=O)Cn1ncc2c1OCCCOc1ccccc1/C=C/c1[nH]nc3ccc-2cc13. The molecule has 0 aliphatic carbocycles. The molecular formula is C23H22N4O4S. The molecule has 1 aliphatic rings. The normalized spacial score (nSPS) is 15.2. The van der Waals surface area contributed by atoms with Crippen LogP contribution in [0, 0.1) is 0 Å². The summed E-state index contributed by atoms with van der Waals surface area (Å²) in [5, 5.41) is 12.7. The van der Waals surface area contributed by atoms with Gasteiger partial charge in [0.15, 0.2) is 9.84 Å². The molecule has 0 fully saturated rings. The molecule has 164 valence electrons. The molecule has 2 aromatic heterocycles. The molecule has 8 nitrogen and oxygen atoms in total. The summed E-state index contributed by atoms with van der Waals surface area (Å²) in [6.07, 6.45) is 7.42. The highest BCUT2D eigenvalue weighted by atomic mass is 32.2. The van der Waals surface area contributed by atoms with E-state index in [0.717, 1.165) is 39.0 Å². The van der Waals surface area contributed by atoms with Gasteiger partial charge in [-0.3, -0.25) is 5.10 Å². The van der Waals surface area contributed by atoms with E-state index in [-0.39, 0.29) is 5.88 Å². The van der Waals surface area contributed by atoms with Crippen molar-refractivity contribution < 1.29 is 17.9 Å². The summed E-state index contributed by atoms with van der Waals surface area (Å²) < 4.78 is 37.2. The van der Waals surface area contributed by atoms with E-state index < -0.39 is 9.84 Å². The highest BCUT2D eigenvalue weighted by Crippen LogP contribution is 2.33. The molecule has 0 saturated carbocycles. The summed E-state index contributed by atoms with van der Waals surface area (Å²) >= 11 is 0. The van der Waals surface area contributed by atoms with Crippen molar-refractivity contribution in [3.05, 3.63) is 59.9 Å². The Hall–Kier alpha value is -3.59. The third-order valence-corrected chi connectivity index (χ3v) is 5.89. The van der Waals surface area contributed by atoms with Crippen LogP contribution < -0.4 is 9.47 Å². The largest absolute Gasteiger partial charge is 0.493 e. The Kier molecular flexibility index (Phi) is 5.18. The van der Waals surface area contributed by atoms with Crippen molar-refractivity contribution in [2.45, 2.75) is 12.3 Å². The molecule has 3 heterocycles. The number of sulfone groups is 1. The van der Waals surface area contributed by atoms with E-state index in [0.29, 0.717) is 25.5 Å². The van der Waals surface area contributed by atoms with Crippen molar-refractivity contribution in [1.82, 2.24) is 20.0 Å². The van der Waals surface area contributed by atoms with Crippen LogP contribution in [0.1, 0.15) is 17.7 Å². The first-order valence-corrected chi connectivity index (χ1v) is 12.3. The number of fused-ring (bicyclic) bond motifs is 4. The number of nitrogens with zero attached hydrogens (tertiary/aromatic N) is 3. The second-order valence-corrected chi connectivity index (χ2v) is 9.82. The predicted molar refractivity (Wildman–Crippen MR) is 123 cm³/mol. The van der Waals surface area contributed by atoms with E-state index in [1.165, 1.54) is 10.9 Å². The summed E-state index contributed by atoms with van der Waals surface area (Å²) in [4.78, 5) is 0. The van der Waals surface area contributed by atoms with Gasteiger partial charge in [-0.25, -0.2) is 13.1 Å². The lowest BCUT2D eigenvalue weighted by Gasteiger charge is -2.12. The first-order chi connectivity index (χ1) is 15.5. The third kappa shape index (κ3) is 4.11. The van der Waals surface area contributed by atoms with Gasteiger partial charge < -0.3 is 9.47 Å². The second-order valence-electron chi connectivity index (χ2n) is 7.71. The lowest BCUT2D eigenvalue weighted by molar-refractivity contribution is 0.235. The van der Waals surface area contributed by atoms with Gasteiger partial charge in [-0.05, 0) is 35.9 Å². The van der Waals surface area contributed by atoms with E-state index in [1.807, 2.05) is 54.6 Å². The van der Waals surface area contributed by atoms with E-state index in [2.05, 4.69) is 15.3 Å². The Morgan fingerprint density at radius 1 is 1.09 bits per heavy atom. The lowest BCUT2D eigenvalue weighted by Crippen LogP contribution is -2.14. The van der Waals surface area contributed by atoms with Gasteiger partial charge in [-0.2, -0.15) is 10.2 Å². The van der Waals surface area contributed by atoms with Gasteiger partial charge in [0.2, 0.25) is 5.88 Å². The van der Waals surface area contributed by atoms with Crippen molar-refractivity contribution >= 4 is 32.9 Å². The number of aromatic nitrogens is 4. The van der Waals surface area contributed by atoms with Crippen LogP contribution in [0.15, 0.2) is 48.7 Å². The summed E-state index contributed by atoms with van der Waals surface area (Å²) in [6, 6.07) is 13.7. The maximum Gasteiger partial charge on any atom is 0.220 e. The van der Waals surface area contributed by atoms with E-state index in [1.54, 1.807) is 6.20 Å². The van der Waals surface area contributed by atoms with Crippen LogP contribution in [0.2, 0.25) is 0 Å². The molecule has 0 radical (unpaired) electrons. The third-order valence-electron chi connectivity index (χ3n) is 5.18. The van der Waals surface area contributed by atoms with Gasteiger partial charge in [-0.1, -0.05) is 24.3 Å². The molecule has 2 bridgehead atoms. The first kappa shape index (κ1) is 20.3. The highest BCUT2D eigenvalue weighted by molar-refractivity contribution is 7.89. The van der Waals surface area contributed by atoms with Gasteiger partial charge in [0, 0.05) is 23.6 Å². The van der Waals surface area contributed by atoms with Crippen LogP contribution in [0.25, 0.3) is 34.2 Å². The fourth-order valence-electron chi connectivity index (χ4n) is 3.70. The Labute approximate surface area is 185 Å². The smallest absolute Gasteiger partial charge is 0.220 e. The predicted octanol–water partition coefficient (Wildman–Crippen LogP) is 3.76. The molecule has 2 aromatic carbocycles. The Balaban J connectivity index is 1.64. The molecule has 0 atom stereocenters. The standard InChI is InChI=1S/C23H22N4O4S/c1-32(28,29)15-27-23-19(14-24-27)17-8-10-21-18(13-17)20(25-26-21)9-7-16-5-2-3-6-22(16)30-11-4-12-31-23/h2-3,5-10,13-14H,4,11-12,15H2,1H3,(H,25,26)/b9-7+. The summed E-state index contributed by atoms with van der Waals surface area (Å²) in [5.41, 5.74) is 4.25. The number of hydrogen-bond acceptors (Lipinski definition) is 6. The minimum Gasteiger partial charge on any atom is -0.493 e. The Morgan fingerprint density at radius 3 is 2.81 bits per heavy atom. The van der Waals surface area contributed by atoms with Crippen LogP contribution in [-0.2, 0) is 15.7 Å². The van der Waals surface area contributed by atoms with Crippen molar-refractivity contribution in [2.75, 3.05) is 19.5 Å². The Bertz CT molecular complexity index is 1420. The maximum atomic E-state index is 11.9. The Morgan fingerprint density at radius 2 is 1.94 bits per heavy atom. The van der Waals surface area contributed by atoms with Gasteiger partial charge in [0.05, 0.1) is 36.2 Å². The fourth-order valence-corrected chi connectivity index (χ4v) is 4.32. The molecular weight excluding hydrogens is 428 g/mol. The van der Waals surface area contributed by atoms with Crippen LogP contribution >= 0.6 is 0 Å². The molecule has 0 saturated heterocycles. The average Bonchev–Trinajstić information content (AvgIpc) is 3.34. The van der Waals surface area contributed by atoms with Gasteiger partial charge in [0.25, 0.3) is 0 Å². The lowest BCUT2D eigenvalue weighted by atomic mass is 10.1. The van der Waals surface area contributed by atoms with Crippen molar-refractivity contribution in [3.8, 4) is 22.8 Å². The van der Waals surface area contributed by atoms with Gasteiger partial charge in [0.1, 0.15) is 11.6 Å². The van der Waals surface area contributed by atoms with Gasteiger partial charge >= 0.3 is 0 Å². The van der Waals surface area contributed by atoms with E-state index in [4.69, 9.17) is 9.47 Å². The molecule has 9 heteroatoms. The van der Waals surface area contributed by atoms with Crippen molar-refractivity contribution in [1.29, 1.82) is 0 Å². The van der Waals surface area contributed by atoms with E-state index in [9.17, 15) is 8.42 Å². The number of ether oxygens (including phenoxy) is 2. The van der Waals surface area contributed by atoms with Gasteiger partial charge in [-0.15, -0.1) is 0 Å². The van der Waals surface area contributed by atoms with E-state index >= 15 is 0 Å². The number of H-pyrrole nitrogens is 1. The minimum atomic E-state index is -3.30. The van der Waals surface area contributed by atoms with Crippen LogP contribution in [0.3, 0.4) is 0 Å². The summed E-state index contributed by atoms with van der Waals surface area (Å²) in [6.45, 7) is 0.822. The zero-order chi connectivity index (χ0) is 22.1. The monoisotopic (exact) mass is 450 g/mol. The molecule has 32 heavy (non-hydrogen) atoms. The highest BCUT2D eigenvalue weighted by Gasteiger charge is 2.18. The quantitative estimate of drug-likeness (QED) is 0.499. The molecule has 1 N–H and O–H groups in total. The van der Waals surface area contributed by atoms with Crippen LogP contribution in [0.4, 0.5) is 0 Å². The second kappa shape index (κ2) is 8.16. The number of aromatic amines is 1. The fraction of sp³-hybridized carbons (Fsp3) is 0.217. The molecule has 4 aromatic rings. The first-order valence-electron chi connectivity index (χ1n) is 10.2. The zero-order valence-corrected chi connectivity index (χ0v) is 18.3. The summed E-state index contributed by atoms with van der Waals surface area (Å²) in [5.74, 6) is 0.949. The van der Waals surface area contributed by atoms with Crippen molar-refractivity contribution in [3.63, 3.8) is 0 Å².